The molecule has 4 atom stereocenters. The molecule has 24 heavy (non-hydrogen) atoms. The minimum Gasteiger partial charge on any atom is -0.431 e. The van der Waals surface area contributed by atoms with E-state index in [0.29, 0.717) is 5.75 Å². The first kappa shape index (κ1) is 17.0. The molecule has 0 bridgehead atoms. The number of hydrogen-bond donors (Lipinski definition) is 1. The number of thioether (sulfide) groups is 1. The largest absolute Gasteiger partial charge is 0.431 e. The number of hydrogen-bond acceptors (Lipinski definition) is 6. The molecule has 3 unspecified atom stereocenters. The maximum atomic E-state index is 12.8. The smallest absolute Gasteiger partial charge is 0.321 e. The van der Waals surface area contributed by atoms with Crippen LogP contribution in [0.2, 0.25) is 0 Å². The van der Waals surface area contributed by atoms with Gasteiger partial charge in [-0.1, -0.05) is 36.4 Å². The van der Waals surface area contributed by atoms with Crippen LogP contribution in [0.1, 0.15) is 11.9 Å². The zero-order chi connectivity index (χ0) is 17.3. The average molecular weight is 348 g/mol. The van der Waals surface area contributed by atoms with Gasteiger partial charge in [-0.3, -0.25) is 9.59 Å². The van der Waals surface area contributed by atoms with Crippen LogP contribution in [0.3, 0.4) is 0 Å². The predicted octanol–water partition coefficient (Wildman–Crippen LogP) is 1.29. The standard InChI is InChI=1S/C17H20N2O4S/c1-3-17(9-19-13(20)12(18)14(19)24-10-17)16(21)23-15(22-2)11-7-5-4-6-8-11/h3-8,12,14-15H,1,9-10,18H2,2H3/t12?,14-,15?,17?/m1/s1. The van der Waals surface area contributed by atoms with Crippen molar-refractivity contribution in [2.45, 2.75) is 17.7 Å². The van der Waals surface area contributed by atoms with Crippen LogP contribution in [0.15, 0.2) is 43.0 Å². The zero-order valence-electron chi connectivity index (χ0n) is 13.4. The van der Waals surface area contributed by atoms with E-state index in [1.165, 1.54) is 18.9 Å². The molecule has 0 saturated carbocycles. The lowest BCUT2D eigenvalue weighted by Gasteiger charge is -2.52. The monoisotopic (exact) mass is 348 g/mol. The Balaban J connectivity index is 1.75. The van der Waals surface area contributed by atoms with Gasteiger partial charge in [-0.2, -0.15) is 0 Å². The number of fused-ring (bicyclic) bond motifs is 1. The van der Waals surface area contributed by atoms with Crippen molar-refractivity contribution in [3.05, 3.63) is 48.6 Å². The van der Waals surface area contributed by atoms with Gasteiger partial charge in [-0.25, -0.2) is 0 Å². The van der Waals surface area contributed by atoms with E-state index in [1.807, 2.05) is 30.3 Å². The summed E-state index contributed by atoms with van der Waals surface area (Å²) in [5.74, 6) is -0.118. The summed E-state index contributed by atoms with van der Waals surface area (Å²) >= 11 is 1.48. The highest BCUT2D eigenvalue weighted by Crippen LogP contribution is 2.43. The topological polar surface area (TPSA) is 81.9 Å². The van der Waals surface area contributed by atoms with E-state index >= 15 is 0 Å². The van der Waals surface area contributed by atoms with E-state index in [-0.39, 0.29) is 17.8 Å². The Labute approximate surface area is 145 Å². The van der Waals surface area contributed by atoms with E-state index in [9.17, 15) is 9.59 Å². The fourth-order valence-corrected chi connectivity index (χ4v) is 4.38. The van der Waals surface area contributed by atoms with Crippen LogP contribution in [0.25, 0.3) is 0 Å². The van der Waals surface area contributed by atoms with Gasteiger partial charge in [0.25, 0.3) is 0 Å². The van der Waals surface area contributed by atoms with Gasteiger partial charge in [-0.15, -0.1) is 18.3 Å². The quantitative estimate of drug-likeness (QED) is 0.374. The average Bonchev–Trinajstić information content (AvgIpc) is 2.65. The Morgan fingerprint density at radius 1 is 1.50 bits per heavy atom. The van der Waals surface area contributed by atoms with Crippen LogP contribution < -0.4 is 5.73 Å². The van der Waals surface area contributed by atoms with Crippen molar-refractivity contribution in [1.29, 1.82) is 0 Å². The lowest BCUT2D eigenvalue weighted by molar-refractivity contribution is -0.185. The fourth-order valence-electron chi connectivity index (χ4n) is 2.90. The number of methoxy groups -OCH3 is 1. The first-order chi connectivity index (χ1) is 11.5. The predicted molar refractivity (Wildman–Crippen MR) is 90.8 cm³/mol. The van der Waals surface area contributed by atoms with Gasteiger partial charge in [0.05, 0.1) is 0 Å². The van der Waals surface area contributed by atoms with Crippen molar-refractivity contribution in [1.82, 2.24) is 4.90 Å². The second kappa shape index (κ2) is 6.58. The maximum Gasteiger partial charge on any atom is 0.321 e. The molecule has 128 valence electrons. The van der Waals surface area contributed by atoms with E-state index < -0.39 is 23.7 Å². The molecule has 1 aromatic rings. The molecule has 2 fully saturated rings. The number of ether oxygens (including phenoxy) is 2. The number of carbonyl (C=O) groups excluding carboxylic acids is 2. The summed E-state index contributed by atoms with van der Waals surface area (Å²) in [5, 5.41) is -0.0641. The maximum absolute atomic E-state index is 12.8. The van der Waals surface area contributed by atoms with Crippen LogP contribution in [-0.2, 0) is 19.1 Å². The molecule has 3 rings (SSSR count). The minimum absolute atomic E-state index is 0.0641. The van der Waals surface area contributed by atoms with Crippen molar-refractivity contribution in [2.75, 3.05) is 19.4 Å². The Morgan fingerprint density at radius 2 is 2.21 bits per heavy atom. The first-order valence-corrected chi connectivity index (χ1v) is 8.67. The highest BCUT2D eigenvalue weighted by atomic mass is 32.2. The highest BCUT2D eigenvalue weighted by molar-refractivity contribution is 8.00. The lowest BCUT2D eigenvalue weighted by Crippen LogP contribution is -2.71. The third kappa shape index (κ3) is 2.72. The summed E-state index contributed by atoms with van der Waals surface area (Å²) in [6.07, 6.45) is 0.764. The molecule has 2 aliphatic heterocycles. The summed E-state index contributed by atoms with van der Waals surface area (Å²) in [7, 11) is 1.48. The second-order valence-corrected chi connectivity index (χ2v) is 7.04. The summed E-state index contributed by atoms with van der Waals surface area (Å²) in [4.78, 5) is 26.3. The van der Waals surface area contributed by atoms with Gasteiger partial charge in [-0.05, 0) is 0 Å². The lowest BCUT2D eigenvalue weighted by atomic mass is 9.87. The van der Waals surface area contributed by atoms with Gasteiger partial charge in [0, 0.05) is 25.0 Å². The van der Waals surface area contributed by atoms with E-state index in [1.54, 1.807) is 11.0 Å². The van der Waals surface area contributed by atoms with Crippen molar-refractivity contribution >= 4 is 23.6 Å². The molecule has 0 aliphatic carbocycles. The zero-order valence-corrected chi connectivity index (χ0v) is 14.2. The molecule has 0 aromatic heterocycles. The van der Waals surface area contributed by atoms with Gasteiger partial charge in [0.1, 0.15) is 16.8 Å². The van der Waals surface area contributed by atoms with E-state index in [0.717, 1.165) is 5.56 Å². The summed E-state index contributed by atoms with van der Waals surface area (Å²) in [6.45, 7) is 4.03. The number of carbonyl (C=O) groups is 2. The number of esters is 1. The highest BCUT2D eigenvalue weighted by Gasteiger charge is 2.55. The number of nitrogens with two attached hydrogens (primary N) is 1. The summed E-state index contributed by atoms with van der Waals surface area (Å²) in [6, 6.07) is 8.74. The molecular formula is C17H20N2O4S. The Morgan fingerprint density at radius 3 is 2.83 bits per heavy atom. The number of benzene rings is 1. The van der Waals surface area contributed by atoms with Gasteiger partial charge < -0.3 is 20.1 Å². The van der Waals surface area contributed by atoms with Crippen LogP contribution in [0.4, 0.5) is 0 Å². The van der Waals surface area contributed by atoms with Crippen LogP contribution in [-0.4, -0.2) is 47.6 Å². The first-order valence-electron chi connectivity index (χ1n) is 7.62. The Kier molecular flexibility index (Phi) is 4.67. The molecule has 2 heterocycles. The van der Waals surface area contributed by atoms with Crippen LogP contribution >= 0.6 is 11.8 Å². The van der Waals surface area contributed by atoms with Crippen molar-refractivity contribution in [3.8, 4) is 0 Å². The molecule has 2 saturated heterocycles. The number of amides is 1. The SMILES string of the molecule is C=CC1(C(=O)OC(OC)c2ccccc2)CS[C@@H]2C(N)C(=O)N2C1. The van der Waals surface area contributed by atoms with Gasteiger partial charge in [0.15, 0.2) is 0 Å². The molecule has 2 aliphatic rings. The molecule has 1 amide bonds. The number of rotatable bonds is 5. The van der Waals surface area contributed by atoms with E-state index in [2.05, 4.69) is 6.58 Å². The third-order valence-corrected chi connectivity index (χ3v) is 6.01. The summed E-state index contributed by atoms with van der Waals surface area (Å²) in [5.41, 5.74) is 5.58. The van der Waals surface area contributed by atoms with Crippen LogP contribution in [0, 0.1) is 5.41 Å². The molecule has 0 spiro atoms. The third-order valence-electron chi connectivity index (χ3n) is 4.44. The molecule has 0 radical (unpaired) electrons. The van der Waals surface area contributed by atoms with Gasteiger partial charge >= 0.3 is 5.97 Å². The Hall–Kier alpha value is -1.83. The second-order valence-electron chi connectivity index (χ2n) is 5.94. The van der Waals surface area contributed by atoms with Gasteiger partial charge in [0.2, 0.25) is 12.2 Å². The minimum atomic E-state index is -0.956. The van der Waals surface area contributed by atoms with Crippen LogP contribution in [0.5, 0.6) is 0 Å². The molecule has 2 N–H and O–H groups in total. The molecule has 6 nitrogen and oxygen atoms in total. The molecule has 7 heteroatoms. The Bertz CT molecular complexity index is 653. The number of nitrogens with zero attached hydrogens (tertiary/aromatic N) is 1. The van der Waals surface area contributed by atoms with Crippen molar-refractivity contribution in [2.24, 2.45) is 11.1 Å². The normalized spacial score (nSPS) is 30.1. The molecular weight excluding hydrogens is 328 g/mol. The summed E-state index contributed by atoms with van der Waals surface area (Å²) < 4.78 is 10.9. The number of β-lactam (4-membered cyclic amide) rings is 1. The fraction of sp³-hybridized carbons (Fsp3) is 0.412. The molecule has 1 aromatic carbocycles. The van der Waals surface area contributed by atoms with Crippen molar-refractivity contribution < 1.29 is 19.1 Å². The van der Waals surface area contributed by atoms with E-state index in [4.69, 9.17) is 15.2 Å². The van der Waals surface area contributed by atoms with Crippen molar-refractivity contribution in [3.63, 3.8) is 0 Å².